The van der Waals surface area contributed by atoms with Crippen molar-refractivity contribution in [3.05, 3.63) is 0 Å². The van der Waals surface area contributed by atoms with E-state index in [9.17, 15) is 19.2 Å². The maximum atomic E-state index is 12.1. The van der Waals surface area contributed by atoms with E-state index in [4.69, 9.17) is 29.5 Å². The first-order valence-electron chi connectivity index (χ1n) is 14.8. The molecular formula is C30H44N4O10. The third kappa shape index (κ3) is 10.1. The fourth-order valence-corrected chi connectivity index (χ4v) is 7.51. The fraction of sp³-hybridized carbons (Fsp3) is 0.800. The summed E-state index contributed by atoms with van der Waals surface area (Å²) in [4.78, 5) is 45.9. The monoisotopic (exact) mass is 620 g/mol. The van der Waals surface area contributed by atoms with E-state index in [2.05, 4.69) is 61.6 Å². The molecule has 14 nitrogen and oxygen atoms in total. The van der Waals surface area contributed by atoms with E-state index in [1.807, 2.05) is 0 Å². The van der Waals surface area contributed by atoms with Gasteiger partial charge < -0.3 is 39.1 Å². The maximum Gasteiger partial charge on any atom is 0.509 e. The van der Waals surface area contributed by atoms with Gasteiger partial charge in [-0.3, -0.25) is 9.59 Å². The number of carbonyl (C=O) groups excluding carboxylic acids is 4. The molecule has 2 aliphatic heterocycles. The minimum Gasteiger partial charge on any atom is -0.430 e. The van der Waals surface area contributed by atoms with Crippen molar-refractivity contribution >= 4 is 24.1 Å². The van der Waals surface area contributed by atoms with Crippen molar-refractivity contribution in [2.75, 3.05) is 26.4 Å². The Labute approximate surface area is 258 Å². The summed E-state index contributed by atoms with van der Waals surface area (Å²) in [6, 6.07) is -0.0529. The first-order valence-corrected chi connectivity index (χ1v) is 14.8. The number of nitriles is 2. The second-order valence-electron chi connectivity index (χ2n) is 14.6. The summed E-state index contributed by atoms with van der Waals surface area (Å²) in [6.45, 7) is 13.3. The van der Waals surface area contributed by atoms with Gasteiger partial charge in [-0.15, -0.1) is 0 Å². The van der Waals surface area contributed by atoms with Gasteiger partial charge in [0, 0.05) is 18.0 Å². The molecule has 6 unspecified atom stereocenters. The van der Waals surface area contributed by atoms with Crippen molar-refractivity contribution in [2.24, 2.45) is 21.7 Å². The molecule has 6 atom stereocenters. The first-order chi connectivity index (χ1) is 20.5. The van der Waals surface area contributed by atoms with Crippen molar-refractivity contribution in [3.63, 3.8) is 0 Å². The third-order valence-corrected chi connectivity index (χ3v) is 8.36. The van der Waals surface area contributed by atoms with E-state index in [-0.39, 0.29) is 58.8 Å². The number of ether oxygens (including phenoxy) is 6. The Morgan fingerprint density at radius 2 is 1.39 bits per heavy atom. The van der Waals surface area contributed by atoms with Gasteiger partial charge in [0.05, 0.1) is 0 Å². The maximum absolute atomic E-state index is 12.1. The number of carbonyl (C=O) groups is 4. The molecule has 0 aromatic heterocycles. The zero-order valence-corrected chi connectivity index (χ0v) is 26.4. The Morgan fingerprint density at radius 1 is 0.818 bits per heavy atom. The molecule has 0 spiro atoms. The second kappa shape index (κ2) is 13.8. The molecular weight excluding hydrogens is 576 g/mol. The minimum absolute atomic E-state index is 0.0205. The van der Waals surface area contributed by atoms with Crippen LogP contribution in [-0.2, 0) is 38.0 Å². The lowest BCUT2D eigenvalue weighted by Crippen LogP contribution is -2.50. The molecule has 2 heterocycles. The fourth-order valence-electron chi connectivity index (χ4n) is 7.51. The summed E-state index contributed by atoms with van der Waals surface area (Å²) < 4.78 is 28.9. The van der Waals surface area contributed by atoms with Crippen LogP contribution >= 0.6 is 0 Å². The van der Waals surface area contributed by atoms with E-state index in [0.717, 1.165) is 25.7 Å². The van der Waals surface area contributed by atoms with Gasteiger partial charge in [-0.2, -0.15) is 10.5 Å². The molecule has 2 aliphatic carbocycles. The molecule has 2 saturated heterocycles. The summed E-state index contributed by atoms with van der Waals surface area (Å²) in [7, 11) is 0. The average molecular weight is 621 g/mol. The van der Waals surface area contributed by atoms with E-state index in [1.165, 1.54) is 0 Å². The molecule has 4 fully saturated rings. The number of hydrogen-bond acceptors (Lipinski definition) is 12. The summed E-state index contributed by atoms with van der Waals surface area (Å²) in [5.41, 5.74) is -0.310. The number of hydrogen-bond donors (Lipinski definition) is 2. The van der Waals surface area contributed by atoms with Crippen molar-refractivity contribution in [3.8, 4) is 12.5 Å². The Kier molecular flexibility index (Phi) is 10.8. The molecule has 4 aliphatic rings. The Hall–Kier alpha value is -3.94. The molecule has 0 aromatic rings. The SMILES string of the molecule is CC1(C)CC(NC(=O)C2COC(=O)O2)CC(C)(COC#N)C1.CC1(C)CC(OC#N)CC(C)(CNC(=O)C2COC(=O)O2)C1. The van der Waals surface area contributed by atoms with Gasteiger partial charge >= 0.3 is 12.3 Å². The van der Waals surface area contributed by atoms with Crippen LogP contribution in [0.1, 0.15) is 80.1 Å². The zero-order chi connectivity index (χ0) is 32.8. The largest absolute Gasteiger partial charge is 0.509 e. The topological polar surface area (TPSA) is 195 Å². The van der Waals surface area contributed by atoms with E-state index in [1.54, 1.807) is 12.5 Å². The molecule has 0 bridgehead atoms. The van der Waals surface area contributed by atoms with Crippen molar-refractivity contribution < 1.29 is 47.6 Å². The molecule has 2 N–H and O–H groups in total. The lowest BCUT2D eigenvalue weighted by Gasteiger charge is -2.46. The predicted molar refractivity (Wildman–Crippen MR) is 151 cm³/mol. The van der Waals surface area contributed by atoms with Gasteiger partial charge in [-0.1, -0.05) is 41.5 Å². The highest BCUT2D eigenvalue weighted by molar-refractivity contribution is 5.85. The summed E-state index contributed by atoms with van der Waals surface area (Å²) in [5, 5.41) is 23.1. The molecule has 244 valence electrons. The van der Waals surface area contributed by atoms with Gasteiger partial charge in [0.15, 0.2) is 0 Å². The Balaban J connectivity index is 0.000000240. The molecule has 4 rings (SSSR count). The molecule has 0 radical (unpaired) electrons. The van der Waals surface area contributed by atoms with Gasteiger partial charge in [0.1, 0.15) is 25.9 Å². The van der Waals surface area contributed by atoms with Crippen molar-refractivity contribution in [2.45, 2.75) is 104 Å². The van der Waals surface area contributed by atoms with Crippen LogP contribution in [0.4, 0.5) is 9.59 Å². The lowest BCUT2D eigenvalue weighted by molar-refractivity contribution is -0.130. The van der Waals surface area contributed by atoms with E-state index < -0.39 is 24.5 Å². The average Bonchev–Trinajstić information content (AvgIpc) is 3.53. The molecule has 44 heavy (non-hydrogen) atoms. The van der Waals surface area contributed by atoms with Crippen LogP contribution in [0, 0.1) is 44.7 Å². The molecule has 14 heteroatoms. The molecule has 2 saturated carbocycles. The number of rotatable bonds is 8. The van der Waals surface area contributed by atoms with Crippen molar-refractivity contribution in [1.82, 2.24) is 10.6 Å². The van der Waals surface area contributed by atoms with Gasteiger partial charge in [0.25, 0.3) is 24.3 Å². The Morgan fingerprint density at radius 3 is 1.93 bits per heavy atom. The van der Waals surface area contributed by atoms with Crippen LogP contribution in [-0.4, -0.2) is 74.8 Å². The number of nitrogens with zero attached hydrogens (tertiary/aromatic N) is 2. The van der Waals surface area contributed by atoms with Crippen LogP contribution in [0.5, 0.6) is 0 Å². The zero-order valence-electron chi connectivity index (χ0n) is 26.4. The highest BCUT2D eigenvalue weighted by Crippen LogP contribution is 2.47. The number of cyclic esters (lactones) is 4. The van der Waals surface area contributed by atoms with Gasteiger partial charge in [-0.05, 0) is 54.8 Å². The first kappa shape index (κ1) is 34.5. The van der Waals surface area contributed by atoms with Crippen LogP contribution in [0.2, 0.25) is 0 Å². The Bertz CT molecular complexity index is 1180. The quantitative estimate of drug-likeness (QED) is 0.297. The standard InChI is InChI=1S/2C15H22N2O5/c1-14(2)4-10(5-15(3,7-14)8-20-9-16)17-12(18)11-6-21-13(19)22-11;1-14(2)4-10(21-9-16)5-15(3,7-14)8-17-12(18)11-6-20-13(19)22-11/h2*10-11H,4-8H2,1-3H3,(H,17,18). The number of nitrogens with one attached hydrogen (secondary N) is 2. The van der Waals surface area contributed by atoms with Gasteiger partial charge in [0.2, 0.25) is 12.2 Å². The second-order valence-corrected chi connectivity index (χ2v) is 14.6. The smallest absolute Gasteiger partial charge is 0.430 e. The summed E-state index contributed by atoms with van der Waals surface area (Å²) in [6.07, 6.45) is 4.84. The summed E-state index contributed by atoms with van der Waals surface area (Å²) >= 11 is 0. The molecule has 0 aromatic carbocycles. The predicted octanol–water partition coefficient (Wildman–Crippen LogP) is 3.44. The molecule has 2 amide bonds. The van der Waals surface area contributed by atoms with E-state index >= 15 is 0 Å². The summed E-state index contributed by atoms with van der Waals surface area (Å²) in [5.74, 6) is -0.690. The normalized spacial score (nSPS) is 33.3. The van der Waals surface area contributed by atoms with Gasteiger partial charge in [-0.25, -0.2) is 9.59 Å². The minimum atomic E-state index is -0.876. The van der Waals surface area contributed by atoms with Crippen LogP contribution in [0.15, 0.2) is 0 Å². The van der Waals surface area contributed by atoms with Crippen LogP contribution in [0.3, 0.4) is 0 Å². The number of amides is 2. The highest BCUT2D eigenvalue weighted by atomic mass is 16.8. The third-order valence-electron chi connectivity index (χ3n) is 8.36. The van der Waals surface area contributed by atoms with Crippen LogP contribution < -0.4 is 10.6 Å². The van der Waals surface area contributed by atoms with Crippen LogP contribution in [0.25, 0.3) is 0 Å². The lowest BCUT2D eigenvalue weighted by atomic mass is 9.63. The van der Waals surface area contributed by atoms with Crippen molar-refractivity contribution in [1.29, 1.82) is 10.5 Å². The highest BCUT2D eigenvalue weighted by Gasteiger charge is 2.45. The van der Waals surface area contributed by atoms with E-state index in [0.29, 0.717) is 26.0 Å².